The van der Waals surface area contributed by atoms with Crippen molar-refractivity contribution in [2.45, 2.75) is 55.7 Å². The van der Waals surface area contributed by atoms with Crippen molar-refractivity contribution >= 4 is 26.7 Å². The fourth-order valence-corrected chi connectivity index (χ4v) is 6.94. The molecule has 3 atom stereocenters. The van der Waals surface area contributed by atoms with E-state index in [1.165, 1.54) is 18.5 Å². The second kappa shape index (κ2) is 9.70. The van der Waals surface area contributed by atoms with E-state index in [1.807, 2.05) is 32.0 Å². The third kappa shape index (κ3) is 5.10. The lowest BCUT2D eigenvalue weighted by atomic mass is 9.77. The van der Waals surface area contributed by atoms with Crippen LogP contribution in [0.4, 0.5) is 9.52 Å². The average molecular weight is 533 g/mol. The smallest absolute Gasteiger partial charge is 0.263 e. The van der Waals surface area contributed by atoms with Gasteiger partial charge in [-0.15, -0.1) is 0 Å². The number of hydrogen-bond acceptors (Lipinski definition) is 8. The maximum atomic E-state index is 13.7. The normalized spacial score (nSPS) is 23.1. The van der Waals surface area contributed by atoms with Crippen LogP contribution in [0.15, 0.2) is 53.7 Å². The van der Waals surface area contributed by atoms with Crippen LogP contribution in [0, 0.1) is 11.7 Å². The summed E-state index contributed by atoms with van der Waals surface area (Å²) < 4.78 is 51.6. The molecule has 1 fully saturated rings. The molecule has 0 bridgehead atoms. The number of hydrogen-bond donors (Lipinski definition) is 2. The monoisotopic (exact) mass is 532 g/mol. The molecule has 0 saturated carbocycles. The van der Waals surface area contributed by atoms with E-state index in [1.54, 1.807) is 12.1 Å². The zero-order valence-corrected chi connectivity index (χ0v) is 21.7. The fraction of sp³-hybridized carbons (Fsp3) is 0.440. The lowest BCUT2D eigenvalue weighted by molar-refractivity contribution is -0.0441. The SMILES string of the molecule is CC(C)(O)[C@H]1CCN([C@@H]2CCOc3cc(S(=O)(=O)Nc4ncns4)ccc32)[C@@H](c2ccc(F)cc2)C1. The molecule has 2 aromatic carbocycles. The molecule has 2 N–H and O–H groups in total. The summed E-state index contributed by atoms with van der Waals surface area (Å²) in [6.07, 6.45) is 3.60. The van der Waals surface area contributed by atoms with E-state index < -0.39 is 15.6 Å². The Kier molecular flexibility index (Phi) is 6.75. The minimum Gasteiger partial charge on any atom is -0.493 e. The largest absolute Gasteiger partial charge is 0.493 e. The van der Waals surface area contributed by atoms with Crippen LogP contribution in [-0.2, 0) is 10.0 Å². The Morgan fingerprint density at radius 1 is 1.17 bits per heavy atom. The summed E-state index contributed by atoms with van der Waals surface area (Å²) in [5, 5.41) is 10.9. The van der Waals surface area contributed by atoms with E-state index >= 15 is 0 Å². The highest BCUT2D eigenvalue weighted by Crippen LogP contribution is 2.47. The number of likely N-dealkylation sites (tertiary alicyclic amines) is 1. The first kappa shape index (κ1) is 25.1. The molecule has 2 aliphatic rings. The predicted octanol–water partition coefficient (Wildman–Crippen LogP) is 4.53. The van der Waals surface area contributed by atoms with Gasteiger partial charge in [0.1, 0.15) is 17.9 Å². The Labute approximate surface area is 214 Å². The van der Waals surface area contributed by atoms with E-state index in [0.29, 0.717) is 12.4 Å². The van der Waals surface area contributed by atoms with E-state index in [0.717, 1.165) is 48.5 Å². The molecule has 3 heterocycles. The van der Waals surface area contributed by atoms with Crippen molar-refractivity contribution in [3.05, 3.63) is 65.7 Å². The van der Waals surface area contributed by atoms with Gasteiger partial charge in [0.15, 0.2) is 0 Å². The van der Waals surface area contributed by atoms with E-state index in [4.69, 9.17) is 4.74 Å². The third-order valence-corrected chi connectivity index (χ3v) is 9.23. The number of ether oxygens (including phenoxy) is 1. The maximum absolute atomic E-state index is 13.7. The van der Waals surface area contributed by atoms with Gasteiger partial charge in [0.25, 0.3) is 10.0 Å². The second-order valence-corrected chi connectivity index (χ2v) is 12.3. The van der Waals surface area contributed by atoms with Crippen molar-refractivity contribution in [2.75, 3.05) is 17.9 Å². The molecular weight excluding hydrogens is 503 g/mol. The Morgan fingerprint density at radius 2 is 1.94 bits per heavy atom. The number of halogens is 1. The minimum absolute atomic E-state index is 0.000524. The number of anilines is 1. The summed E-state index contributed by atoms with van der Waals surface area (Å²) in [4.78, 5) is 6.38. The number of rotatable bonds is 6. The highest BCUT2D eigenvalue weighted by Gasteiger charge is 2.41. The Hall–Kier alpha value is -2.60. The van der Waals surface area contributed by atoms with Crippen molar-refractivity contribution in [3.8, 4) is 5.75 Å². The Balaban J connectivity index is 1.46. The molecule has 0 unspecified atom stereocenters. The molecule has 11 heteroatoms. The van der Waals surface area contributed by atoms with Gasteiger partial charge in [-0.05, 0) is 62.9 Å². The lowest BCUT2D eigenvalue weighted by Gasteiger charge is -2.48. The van der Waals surface area contributed by atoms with Crippen LogP contribution < -0.4 is 9.46 Å². The summed E-state index contributed by atoms with van der Waals surface area (Å²) in [5.74, 6) is 0.350. The first-order chi connectivity index (χ1) is 17.1. The number of benzene rings is 2. The molecule has 2 aliphatic heterocycles. The van der Waals surface area contributed by atoms with E-state index in [9.17, 15) is 17.9 Å². The van der Waals surface area contributed by atoms with Gasteiger partial charge < -0.3 is 9.84 Å². The number of aromatic nitrogens is 2. The molecule has 0 amide bonds. The van der Waals surface area contributed by atoms with Crippen molar-refractivity contribution in [1.82, 2.24) is 14.3 Å². The molecule has 1 aromatic heterocycles. The standard InChI is InChI=1S/C25H29FN4O4S2/c1-25(2,31)17-9-11-30(22(13-17)16-3-5-18(26)6-4-16)21-10-12-34-23-14-19(7-8-20(21)23)36(32,33)29-24-27-15-28-35-24/h3-8,14-15,17,21-22,31H,9-13H2,1-2H3,(H,27,28,29)/t17-,21+,22+/m0/s1. The molecule has 0 radical (unpaired) electrons. The topological polar surface area (TPSA) is 105 Å². The molecule has 0 spiro atoms. The first-order valence-electron chi connectivity index (χ1n) is 11.9. The van der Waals surface area contributed by atoms with Crippen molar-refractivity contribution in [3.63, 3.8) is 0 Å². The summed E-state index contributed by atoms with van der Waals surface area (Å²) in [6, 6.07) is 11.5. The van der Waals surface area contributed by atoms with Crippen LogP contribution in [0.3, 0.4) is 0 Å². The number of nitrogens with one attached hydrogen (secondary N) is 1. The van der Waals surface area contributed by atoms with Crippen LogP contribution in [0.25, 0.3) is 0 Å². The summed E-state index contributed by atoms with van der Waals surface area (Å²) >= 11 is 0.963. The number of piperidine rings is 1. The number of sulfonamides is 1. The van der Waals surface area contributed by atoms with Gasteiger partial charge in [-0.3, -0.25) is 9.62 Å². The number of fused-ring (bicyclic) bond motifs is 1. The van der Waals surface area contributed by atoms with Crippen LogP contribution >= 0.6 is 11.5 Å². The average Bonchev–Trinajstić information content (AvgIpc) is 3.35. The van der Waals surface area contributed by atoms with Gasteiger partial charge in [0.2, 0.25) is 5.13 Å². The number of nitrogens with zero attached hydrogens (tertiary/aromatic N) is 3. The molecule has 36 heavy (non-hydrogen) atoms. The van der Waals surface area contributed by atoms with Crippen LogP contribution in [-0.4, -0.2) is 46.5 Å². The lowest BCUT2D eigenvalue weighted by Crippen LogP contribution is -2.45. The van der Waals surface area contributed by atoms with E-state index in [-0.39, 0.29) is 33.8 Å². The Morgan fingerprint density at radius 3 is 2.64 bits per heavy atom. The number of aliphatic hydroxyl groups is 1. The molecule has 8 nitrogen and oxygen atoms in total. The highest BCUT2D eigenvalue weighted by molar-refractivity contribution is 7.93. The van der Waals surface area contributed by atoms with Crippen LogP contribution in [0.5, 0.6) is 5.75 Å². The van der Waals surface area contributed by atoms with Crippen molar-refractivity contribution in [2.24, 2.45) is 5.92 Å². The predicted molar refractivity (Wildman–Crippen MR) is 135 cm³/mol. The first-order valence-corrected chi connectivity index (χ1v) is 14.2. The van der Waals surface area contributed by atoms with Crippen molar-refractivity contribution < 1.29 is 22.7 Å². The van der Waals surface area contributed by atoms with Gasteiger partial charge in [-0.2, -0.15) is 4.37 Å². The van der Waals surface area contributed by atoms with Crippen molar-refractivity contribution in [1.29, 1.82) is 0 Å². The van der Waals surface area contributed by atoms with E-state index in [2.05, 4.69) is 19.0 Å². The third-order valence-electron chi connectivity index (χ3n) is 7.18. The van der Waals surface area contributed by atoms with Crippen LogP contribution in [0.2, 0.25) is 0 Å². The highest BCUT2D eigenvalue weighted by atomic mass is 32.2. The second-order valence-electron chi connectivity index (χ2n) is 9.88. The molecule has 1 saturated heterocycles. The zero-order valence-electron chi connectivity index (χ0n) is 20.1. The summed E-state index contributed by atoms with van der Waals surface area (Å²) in [5.41, 5.74) is 1.10. The quantitative estimate of drug-likeness (QED) is 0.481. The van der Waals surface area contributed by atoms with Gasteiger partial charge in [0.05, 0.1) is 17.1 Å². The van der Waals surface area contributed by atoms with Gasteiger partial charge >= 0.3 is 0 Å². The van der Waals surface area contributed by atoms with Gasteiger partial charge in [-0.1, -0.05) is 18.2 Å². The summed E-state index contributed by atoms with van der Waals surface area (Å²) in [6.45, 7) is 4.89. The Bertz CT molecular complexity index is 1310. The minimum atomic E-state index is -3.84. The van der Waals surface area contributed by atoms with Gasteiger partial charge in [-0.25, -0.2) is 17.8 Å². The van der Waals surface area contributed by atoms with Crippen LogP contribution in [0.1, 0.15) is 56.3 Å². The molecule has 0 aliphatic carbocycles. The van der Waals surface area contributed by atoms with Gasteiger partial charge in [0, 0.05) is 41.7 Å². The fourth-order valence-electron chi connectivity index (χ4n) is 5.27. The molecule has 192 valence electrons. The molecule has 3 aromatic rings. The molecule has 5 rings (SSSR count). The maximum Gasteiger partial charge on any atom is 0.263 e. The molecular formula is C25H29FN4O4S2. The zero-order chi connectivity index (χ0) is 25.5. The summed E-state index contributed by atoms with van der Waals surface area (Å²) in [7, 11) is -3.84.